The molecule has 102 valence electrons. The molecule has 0 bridgehead atoms. The molecule has 1 aliphatic carbocycles. The van der Waals surface area contributed by atoms with E-state index in [1.165, 1.54) is 12.3 Å². The van der Waals surface area contributed by atoms with Gasteiger partial charge in [-0.05, 0) is 36.1 Å². The highest BCUT2D eigenvalue weighted by atomic mass is 16.5. The number of fused-ring (bicyclic) bond motifs is 1. The van der Waals surface area contributed by atoms with E-state index in [0.29, 0.717) is 12.0 Å². The molecule has 1 aliphatic heterocycles. The second-order valence-electron chi connectivity index (χ2n) is 5.14. The maximum Gasteiger partial charge on any atom is 0.318 e. The summed E-state index contributed by atoms with van der Waals surface area (Å²) in [6, 6.07) is 6.46. The molecular weight excluding hydrogens is 256 g/mol. The molecule has 2 atom stereocenters. The predicted octanol–water partition coefficient (Wildman–Crippen LogP) is 2.60. The molecule has 0 saturated carbocycles. The number of ketones is 1. The lowest BCUT2D eigenvalue weighted by atomic mass is 9.93. The molecule has 0 aromatic heterocycles. The third-order valence-corrected chi connectivity index (χ3v) is 3.88. The van der Waals surface area contributed by atoms with E-state index in [1.54, 1.807) is 24.3 Å². The van der Waals surface area contributed by atoms with E-state index in [0.717, 1.165) is 5.57 Å². The van der Waals surface area contributed by atoms with Crippen LogP contribution in [0.15, 0.2) is 47.7 Å². The van der Waals surface area contributed by atoms with Crippen LogP contribution in [0.25, 0.3) is 0 Å². The summed E-state index contributed by atoms with van der Waals surface area (Å²) in [6.45, 7) is 1.92. The zero-order chi connectivity index (χ0) is 14.3. The molecule has 3 rings (SSSR count). The molecule has 0 spiro atoms. The summed E-state index contributed by atoms with van der Waals surface area (Å²) in [4.78, 5) is 24.4. The van der Waals surface area contributed by atoms with E-state index in [2.05, 4.69) is 0 Å². The van der Waals surface area contributed by atoms with Crippen LogP contribution in [0.3, 0.4) is 0 Å². The first-order valence-electron chi connectivity index (χ1n) is 6.53. The fraction of sp³-hybridized carbons (Fsp3) is 0.250. The summed E-state index contributed by atoms with van der Waals surface area (Å²) < 4.78 is 4.88. The first-order valence-corrected chi connectivity index (χ1v) is 6.53. The average Bonchev–Trinajstić information content (AvgIpc) is 2.76. The van der Waals surface area contributed by atoms with Crippen molar-refractivity contribution in [3.8, 4) is 5.75 Å². The number of carbonyl (C=O) groups excluding carboxylic acids is 2. The van der Waals surface area contributed by atoms with Gasteiger partial charge in [0.1, 0.15) is 5.75 Å². The van der Waals surface area contributed by atoms with Gasteiger partial charge < -0.3 is 9.84 Å². The Labute approximate surface area is 116 Å². The van der Waals surface area contributed by atoms with Crippen molar-refractivity contribution in [2.75, 3.05) is 0 Å². The lowest BCUT2D eigenvalue weighted by molar-refractivity contribution is -0.142. The molecule has 20 heavy (non-hydrogen) atoms. The fourth-order valence-electron chi connectivity index (χ4n) is 2.92. The van der Waals surface area contributed by atoms with E-state index in [9.17, 15) is 14.7 Å². The number of phenolic OH excluding ortho intramolecular Hbond substituents is 1. The first kappa shape index (κ1) is 12.7. The van der Waals surface area contributed by atoms with Gasteiger partial charge in [-0.25, -0.2) is 0 Å². The Balaban J connectivity index is 2.09. The number of ether oxygens (including phenoxy) is 1. The minimum absolute atomic E-state index is 0.0302. The fourth-order valence-corrected chi connectivity index (χ4v) is 2.92. The van der Waals surface area contributed by atoms with Gasteiger partial charge in [-0.2, -0.15) is 0 Å². The Bertz CT molecular complexity index is 654. The quantitative estimate of drug-likeness (QED) is 0.662. The van der Waals surface area contributed by atoms with Gasteiger partial charge in [-0.1, -0.05) is 19.1 Å². The molecule has 0 radical (unpaired) electrons. The molecule has 1 heterocycles. The number of phenols is 1. The van der Waals surface area contributed by atoms with Crippen LogP contribution in [0.4, 0.5) is 0 Å². The lowest BCUT2D eigenvalue weighted by Gasteiger charge is -2.14. The minimum atomic E-state index is -0.361. The van der Waals surface area contributed by atoms with Crippen LogP contribution in [-0.4, -0.2) is 16.9 Å². The second-order valence-corrected chi connectivity index (χ2v) is 5.14. The Morgan fingerprint density at radius 1 is 1.35 bits per heavy atom. The van der Waals surface area contributed by atoms with Crippen LogP contribution in [0.1, 0.15) is 23.7 Å². The number of rotatable bonds is 2. The maximum atomic E-state index is 12.6. The first-order chi connectivity index (χ1) is 9.59. The van der Waals surface area contributed by atoms with Gasteiger partial charge in [0, 0.05) is 5.57 Å². The number of aromatic hydroxyl groups is 1. The minimum Gasteiger partial charge on any atom is -0.507 e. The Morgan fingerprint density at radius 2 is 2.10 bits per heavy atom. The normalized spacial score (nSPS) is 24.6. The van der Waals surface area contributed by atoms with Gasteiger partial charge in [0.15, 0.2) is 5.78 Å². The molecule has 4 heteroatoms. The summed E-state index contributed by atoms with van der Waals surface area (Å²) in [7, 11) is 0. The molecule has 2 unspecified atom stereocenters. The van der Waals surface area contributed by atoms with Crippen molar-refractivity contribution >= 4 is 11.8 Å². The number of hydrogen-bond acceptors (Lipinski definition) is 4. The standard InChI is InChI=1S/C16H14O4/c1-9-8-12-10(6-7-20-16(12)19)14(9)15(18)11-4-2-3-5-13(11)17/h2-7,9,12,17H,8H2,1H3. The summed E-state index contributed by atoms with van der Waals surface area (Å²) >= 11 is 0. The van der Waals surface area contributed by atoms with Gasteiger partial charge >= 0.3 is 5.97 Å². The molecular formula is C16H14O4. The maximum absolute atomic E-state index is 12.6. The second kappa shape index (κ2) is 4.63. The zero-order valence-corrected chi connectivity index (χ0v) is 11.0. The number of Topliss-reactive ketones (excluding diaryl/α,β-unsaturated/α-hetero) is 1. The number of allylic oxidation sites excluding steroid dienone is 2. The number of esters is 1. The Hall–Kier alpha value is -2.36. The van der Waals surface area contributed by atoms with Crippen LogP contribution in [0.2, 0.25) is 0 Å². The van der Waals surface area contributed by atoms with E-state index in [-0.39, 0.29) is 34.9 Å². The Morgan fingerprint density at radius 3 is 2.85 bits per heavy atom. The van der Waals surface area contributed by atoms with Crippen molar-refractivity contribution in [3.63, 3.8) is 0 Å². The van der Waals surface area contributed by atoms with Crippen molar-refractivity contribution in [3.05, 3.63) is 53.3 Å². The molecule has 2 aliphatic rings. The van der Waals surface area contributed by atoms with Crippen molar-refractivity contribution < 1.29 is 19.4 Å². The predicted molar refractivity (Wildman–Crippen MR) is 72.0 cm³/mol. The number of benzene rings is 1. The molecule has 0 fully saturated rings. The van der Waals surface area contributed by atoms with Gasteiger partial charge in [-0.3, -0.25) is 9.59 Å². The molecule has 1 N–H and O–H groups in total. The number of hydrogen-bond donors (Lipinski definition) is 1. The van der Waals surface area contributed by atoms with Crippen LogP contribution >= 0.6 is 0 Å². The third kappa shape index (κ3) is 1.84. The molecule has 1 aromatic carbocycles. The smallest absolute Gasteiger partial charge is 0.318 e. The van der Waals surface area contributed by atoms with Crippen LogP contribution < -0.4 is 0 Å². The SMILES string of the molecule is CC1CC2C(=O)OC=CC2=C1C(=O)c1ccccc1O. The van der Waals surface area contributed by atoms with Crippen molar-refractivity contribution in [2.24, 2.45) is 11.8 Å². The highest BCUT2D eigenvalue weighted by molar-refractivity contribution is 6.12. The Kier molecular flexibility index (Phi) is 2.93. The largest absolute Gasteiger partial charge is 0.507 e. The molecule has 0 amide bonds. The van der Waals surface area contributed by atoms with E-state index in [1.807, 2.05) is 6.92 Å². The number of carbonyl (C=O) groups is 2. The van der Waals surface area contributed by atoms with Gasteiger partial charge in [-0.15, -0.1) is 0 Å². The molecule has 1 aromatic rings. The van der Waals surface area contributed by atoms with E-state index >= 15 is 0 Å². The van der Waals surface area contributed by atoms with Crippen LogP contribution in [0, 0.1) is 11.8 Å². The number of cyclic esters (lactones) is 1. The van der Waals surface area contributed by atoms with Crippen LogP contribution in [0.5, 0.6) is 5.75 Å². The van der Waals surface area contributed by atoms with Crippen molar-refractivity contribution in [2.45, 2.75) is 13.3 Å². The monoisotopic (exact) mass is 270 g/mol. The van der Waals surface area contributed by atoms with Crippen LogP contribution in [-0.2, 0) is 9.53 Å². The van der Waals surface area contributed by atoms with Gasteiger partial charge in [0.25, 0.3) is 0 Å². The molecule has 4 nitrogen and oxygen atoms in total. The third-order valence-electron chi connectivity index (χ3n) is 3.88. The van der Waals surface area contributed by atoms with Crippen molar-refractivity contribution in [1.29, 1.82) is 0 Å². The lowest BCUT2D eigenvalue weighted by Crippen LogP contribution is -2.18. The highest BCUT2D eigenvalue weighted by Crippen LogP contribution is 2.42. The summed E-state index contributed by atoms with van der Waals surface area (Å²) in [5, 5.41) is 9.82. The van der Waals surface area contributed by atoms with Gasteiger partial charge in [0.05, 0.1) is 17.7 Å². The molecule has 0 saturated heterocycles. The van der Waals surface area contributed by atoms with E-state index < -0.39 is 0 Å². The van der Waals surface area contributed by atoms with E-state index in [4.69, 9.17) is 4.74 Å². The summed E-state index contributed by atoms with van der Waals surface area (Å²) in [5.41, 5.74) is 1.60. The highest BCUT2D eigenvalue weighted by Gasteiger charge is 2.40. The summed E-state index contributed by atoms with van der Waals surface area (Å²) in [5.74, 6) is -0.956. The zero-order valence-electron chi connectivity index (χ0n) is 11.0. The average molecular weight is 270 g/mol. The summed E-state index contributed by atoms with van der Waals surface area (Å²) in [6.07, 6.45) is 3.58. The topological polar surface area (TPSA) is 63.6 Å². The number of para-hydroxylation sites is 1. The van der Waals surface area contributed by atoms with Crippen molar-refractivity contribution in [1.82, 2.24) is 0 Å². The van der Waals surface area contributed by atoms with Gasteiger partial charge in [0.2, 0.25) is 0 Å².